The van der Waals surface area contributed by atoms with Gasteiger partial charge in [-0.05, 0) is 40.8 Å². The molecule has 1 aliphatic heterocycles. The Morgan fingerprint density at radius 2 is 1.50 bits per heavy atom. The molecule has 1 aliphatic rings. The van der Waals surface area contributed by atoms with Crippen LogP contribution in [0.3, 0.4) is 0 Å². The van der Waals surface area contributed by atoms with Gasteiger partial charge in [-0.3, -0.25) is 9.69 Å². The Morgan fingerprint density at radius 1 is 0.893 bits per heavy atom. The van der Waals surface area contributed by atoms with Gasteiger partial charge in [-0.1, -0.05) is 72.8 Å². The number of guanidine groups is 1. The first kappa shape index (κ1) is 18.0. The Morgan fingerprint density at radius 3 is 2.18 bits per heavy atom. The van der Waals surface area contributed by atoms with E-state index in [1.807, 2.05) is 43.3 Å². The lowest BCUT2D eigenvalue weighted by atomic mass is 9.85. The maximum Gasteiger partial charge on any atom is 0.231 e. The Labute approximate surface area is 165 Å². The van der Waals surface area contributed by atoms with E-state index in [9.17, 15) is 4.79 Å². The van der Waals surface area contributed by atoms with Crippen molar-refractivity contribution in [1.82, 2.24) is 4.90 Å². The lowest BCUT2D eigenvalue weighted by Crippen LogP contribution is -2.47. The van der Waals surface area contributed by atoms with Gasteiger partial charge in [-0.2, -0.15) is 0 Å². The van der Waals surface area contributed by atoms with Crippen LogP contribution in [0.15, 0.2) is 83.9 Å². The number of carbonyl (C=O) groups excluding carboxylic acids is 1. The molecular formula is C24H23N3O. The highest BCUT2D eigenvalue weighted by Gasteiger charge is 2.36. The Balaban J connectivity index is 1.81. The van der Waals surface area contributed by atoms with Gasteiger partial charge in [0.25, 0.3) is 0 Å². The first-order chi connectivity index (χ1) is 13.5. The van der Waals surface area contributed by atoms with E-state index in [0.29, 0.717) is 6.42 Å². The molecule has 28 heavy (non-hydrogen) atoms. The molecule has 0 radical (unpaired) electrons. The van der Waals surface area contributed by atoms with Gasteiger partial charge in [0.1, 0.15) is 0 Å². The van der Waals surface area contributed by atoms with E-state index >= 15 is 0 Å². The van der Waals surface area contributed by atoms with E-state index in [2.05, 4.69) is 47.5 Å². The van der Waals surface area contributed by atoms with Crippen LogP contribution in [0.5, 0.6) is 0 Å². The van der Waals surface area contributed by atoms with Gasteiger partial charge in [0, 0.05) is 7.05 Å². The topological polar surface area (TPSA) is 58.7 Å². The number of nitrogens with two attached hydrogens (primary N) is 1. The van der Waals surface area contributed by atoms with E-state index in [-0.39, 0.29) is 11.9 Å². The summed E-state index contributed by atoms with van der Waals surface area (Å²) in [4.78, 5) is 18.4. The summed E-state index contributed by atoms with van der Waals surface area (Å²) in [5, 5.41) is 0. The van der Waals surface area contributed by atoms with Gasteiger partial charge in [0.15, 0.2) is 5.96 Å². The Kier molecular flexibility index (Phi) is 4.47. The SMILES string of the molecule is CN1C(=O)CC(C)(c2cccc(-c3ccccc3-c3ccccc3)c2)N=C1N. The number of hydrogen-bond donors (Lipinski definition) is 1. The molecule has 4 heteroatoms. The molecule has 0 fully saturated rings. The molecule has 1 heterocycles. The second-order valence-electron chi connectivity index (χ2n) is 7.37. The highest BCUT2D eigenvalue weighted by Crippen LogP contribution is 2.37. The standard InChI is InChI=1S/C24H23N3O/c1-24(16-22(28)27(2)23(25)26-24)19-12-8-11-18(15-19)21-14-7-6-13-20(21)17-9-4-3-5-10-17/h3-15H,16H2,1-2H3,(H2,25,26). The van der Waals surface area contributed by atoms with Crippen molar-refractivity contribution < 1.29 is 4.79 Å². The van der Waals surface area contributed by atoms with Crippen LogP contribution >= 0.6 is 0 Å². The maximum atomic E-state index is 12.4. The normalized spacial score (nSPS) is 19.4. The fourth-order valence-electron chi connectivity index (χ4n) is 3.70. The maximum absolute atomic E-state index is 12.4. The third-order valence-corrected chi connectivity index (χ3v) is 5.38. The minimum Gasteiger partial charge on any atom is -0.369 e. The molecule has 140 valence electrons. The Bertz CT molecular complexity index is 1060. The van der Waals surface area contributed by atoms with E-state index in [1.165, 1.54) is 16.0 Å². The second kappa shape index (κ2) is 6.97. The van der Waals surface area contributed by atoms with Gasteiger partial charge < -0.3 is 5.73 Å². The molecule has 2 N–H and O–H groups in total. The van der Waals surface area contributed by atoms with Crippen molar-refractivity contribution in [2.45, 2.75) is 18.9 Å². The lowest BCUT2D eigenvalue weighted by Gasteiger charge is -2.33. The van der Waals surface area contributed by atoms with Crippen LogP contribution in [0.25, 0.3) is 22.3 Å². The summed E-state index contributed by atoms with van der Waals surface area (Å²) in [7, 11) is 1.66. The third kappa shape index (κ3) is 3.18. The van der Waals surface area contributed by atoms with Gasteiger partial charge >= 0.3 is 0 Å². The fourth-order valence-corrected chi connectivity index (χ4v) is 3.70. The first-order valence-corrected chi connectivity index (χ1v) is 9.35. The summed E-state index contributed by atoms with van der Waals surface area (Å²) in [6.45, 7) is 1.97. The second-order valence-corrected chi connectivity index (χ2v) is 7.37. The summed E-state index contributed by atoms with van der Waals surface area (Å²) < 4.78 is 0. The van der Waals surface area contributed by atoms with Crippen LogP contribution in [-0.4, -0.2) is 23.8 Å². The largest absolute Gasteiger partial charge is 0.369 e. The summed E-state index contributed by atoms with van der Waals surface area (Å²) in [6, 6.07) is 27.0. The molecule has 1 amide bonds. The van der Waals surface area contributed by atoms with E-state index in [1.54, 1.807) is 7.05 Å². The third-order valence-electron chi connectivity index (χ3n) is 5.38. The van der Waals surface area contributed by atoms with Crippen LogP contribution in [0.4, 0.5) is 0 Å². The molecule has 1 atom stereocenters. The van der Waals surface area contributed by atoms with Crippen LogP contribution in [-0.2, 0) is 10.3 Å². The summed E-state index contributed by atoms with van der Waals surface area (Å²) in [6.07, 6.45) is 0.300. The van der Waals surface area contributed by atoms with Crippen molar-refractivity contribution >= 4 is 11.9 Å². The van der Waals surface area contributed by atoms with Crippen LogP contribution in [0.1, 0.15) is 18.9 Å². The monoisotopic (exact) mass is 369 g/mol. The average molecular weight is 369 g/mol. The molecule has 4 rings (SSSR count). The van der Waals surface area contributed by atoms with Crippen LogP contribution in [0, 0.1) is 0 Å². The molecule has 0 aromatic heterocycles. The van der Waals surface area contributed by atoms with Crippen LogP contribution < -0.4 is 5.73 Å². The van der Waals surface area contributed by atoms with Crippen molar-refractivity contribution in [2.75, 3.05) is 7.05 Å². The zero-order valence-corrected chi connectivity index (χ0v) is 16.1. The predicted octanol–water partition coefficient (Wildman–Crippen LogP) is 4.41. The molecule has 0 aliphatic carbocycles. The average Bonchev–Trinajstić information content (AvgIpc) is 2.73. The van der Waals surface area contributed by atoms with Crippen molar-refractivity contribution in [3.8, 4) is 22.3 Å². The zero-order chi connectivity index (χ0) is 19.7. The number of amides is 1. The zero-order valence-electron chi connectivity index (χ0n) is 16.1. The van der Waals surface area contributed by atoms with Crippen molar-refractivity contribution in [1.29, 1.82) is 0 Å². The van der Waals surface area contributed by atoms with E-state index in [0.717, 1.165) is 16.7 Å². The quantitative estimate of drug-likeness (QED) is 0.743. The fraction of sp³-hybridized carbons (Fsp3) is 0.167. The first-order valence-electron chi connectivity index (χ1n) is 9.35. The van der Waals surface area contributed by atoms with Gasteiger partial charge in [-0.25, -0.2) is 4.99 Å². The molecule has 3 aromatic rings. The molecule has 3 aromatic carbocycles. The summed E-state index contributed by atoms with van der Waals surface area (Å²) in [5.41, 5.74) is 10.9. The number of hydrogen-bond acceptors (Lipinski definition) is 3. The van der Waals surface area contributed by atoms with E-state index in [4.69, 9.17) is 5.73 Å². The highest BCUT2D eigenvalue weighted by atomic mass is 16.2. The van der Waals surface area contributed by atoms with Crippen LogP contribution in [0.2, 0.25) is 0 Å². The smallest absolute Gasteiger partial charge is 0.231 e. The molecule has 0 spiro atoms. The molecule has 0 saturated heterocycles. The van der Waals surface area contributed by atoms with E-state index < -0.39 is 5.54 Å². The minimum absolute atomic E-state index is 0.0231. The minimum atomic E-state index is -0.661. The van der Waals surface area contributed by atoms with Crippen molar-refractivity contribution in [3.63, 3.8) is 0 Å². The molecule has 1 unspecified atom stereocenters. The number of nitrogens with zero attached hydrogens (tertiary/aromatic N) is 2. The number of benzene rings is 3. The van der Waals surface area contributed by atoms with Gasteiger partial charge in [0.05, 0.1) is 12.0 Å². The molecule has 0 bridgehead atoms. The van der Waals surface area contributed by atoms with Gasteiger partial charge in [0.2, 0.25) is 5.91 Å². The highest BCUT2D eigenvalue weighted by molar-refractivity contribution is 5.98. The number of carbonyl (C=O) groups is 1. The van der Waals surface area contributed by atoms with Gasteiger partial charge in [-0.15, -0.1) is 0 Å². The Hall–Kier alpha value is -3.40. The summed E-state index contributed by atoms with van der Waals surface area (Å²) >= 11 is 0. The molecule has 0 saturated carbocycles. The number of rotatable bonds is 3. The van der Waals surface area contributed by atoms with Crippen molar-refractivity contribution in [2.24, 2.45) is 10.7 Å². The van der Waals surface area contributed by atoms with Crippen molar-refractivity contribution in [3.05, 3.63) is 84.4 Å². The predicted molar refractivity (Wildman–Crippen MR) is 114 cm³/mol. The number of aliphatic imine (C=N–C) groups is 1. The molecular weight excluding hydrogens is 346 g/mol. The lowest BCUT2D eigenvalue weighted by molar-refractivity contribution is -0.128. The summed E-state index contributed by atoms with van der Waals surface area (Å²) in [5.74, 6) is 0.235. The molecule has 4 nitrogen and oxygen atoms in total.